The van der Waals surface area contributed by atoms with Crippen LogP contribution in [-0.4, -0.2) is 24.3 Å². The summed E-state index contributed by atoms with van der Waals surface area (Å²) in [4.78, 5) is 19.6. The third-order valence-electron chi connectivity index (χ3n) is 3.46. The number of aldehydes is 2. The number of unbranched alkanes of at least 4 members (excludes halogenated alkanes) is 3. The highest BCUT2D eigenvalue weighted by molar-refractivity contribution is 5.72. The van der Waals surface area contributed by atoms with Crippen molar-refractivity contribution < 1.29 is 14.7 Å². The Morgan fingerprint density at radius 2 is 1.57 bits per heavy atom. The van der Waals surface area contributed by atoms with Crippen LogP contribution < -0.4 is 0 Å². The molecule has 0 aliphatic rings. The molecule has 0 aromatic heterocycles. The van der Waals surface area contributed by atoms with E-state index in [0.717, 1.165) is 50.2 Å². The Hall–Kier alpha value is -0.960. The van der Waals surface area contributed by atoms with E-state index in [4.69, 9.17) is 5.11 Å². The van der Waals surface area contributed by atoms with Crippen LogP contribution in [0.2, 0.25) is 0 Å². The Kier molecular flexibility index (Phi) is 30.4. The SMILES string of the molecule is CCCC=C(C=O)CC.CCCC=O.CCCCC(CC)CO. The second kappa shape index (κ2) is 26.0. The summed E-state index contributed by atoms with van der Waals surface area (Å²) in [5, 5.41) is 8.75. The molecule has 23 heavy (non-hydrogen) atoms. The fraction of sp³-hybridized carbons (Fsp3) is 0.800. The molecule has 0 aliphatic carbocycles. The van der Waals surface area contributed by atoms with Gasteiger partial charge in [-0.05, 0) is 37.2 Å². The Bertz CT molecular complexity index is 256. The van der Waals surface area contributed by atoms with Crippen molar-refractivity contribution in [3.63, 3.8) is 0 Å². The van der Waals surface area contributed by atoms with Crippen molar-refractivity contribution in [3.8, 4) is 0 Å². The van der Waals surface area contributed by atoms with Crippen molar-refractivity contribution in [2.75, 3.05) is 6.61 Å². The zero-order chi connectivity index (χ0) is 18.3. The number of carbonyl (C=O) groups excluding carboxylic acids is 2. The van der Waals surface area contributed by atoms with E-state index >= 15 is 0 Å². The van der Waals surface area contributed by atoms with Crippen LogP contribution in [0.3, 0.4) is 0 Å². The molecule has 1 N–H and O–H groups in total. The van der Waals surface area contributed by atoms with E-state index in [1.807, 2.05) is 19.9 Å². The topological polar surface area (TPSA) is 54.4 Å². The molecule has 0 saturated heterocycles. The quantitative estimate of drug-likeness (QED) is 0.402. The van der Waals surface area contributed by atoms with Gasteiger partial charge in [-0.1, -0.05) is 66.4 Å². The first-order valence-corrected chi connectivity index (χ1v) is 9.30. The molecule has 0 fully saturated rings. The molecule has 0 rings (SSSR count). The van der Waals surface area contributed by atoms with Crippen molar-refractivity contribution in [2.45, 2.75) is 92.4 Å². The monoisotopic (exact) mass is 328 g/mol. The average molecular weight is 329 g/mol. The molecular formula is C20H40O3. The van der Waals surface area contributed by atoms with Crippen molar-refractivity contribution in [2.24, 2.45) is 5.92 Å². The highest BCUT2D eigenvalue weighted by Gasteiger charge is 2.01. The number of aliphatic hydroxyl groups excluding tert-OH is 1. The molecular weight excluding hydrogens is 288 g/mol. The van der Waals surface area contributed by atoms with Gasteiger partial charge in [0.25, 0.3) is 0 Å². The van der Waals surface area contributed by atoms with Crippen LogP contribution >= 0.6 is 0 Å². The summed E-state index contributed by atoms with van der Waals surface area (Å²) >= 11 is 0. The molecule has 0 bridgehead atoms. The zero-order valence-electron chi connectivity index (χ0n) is 16.1. The van der Waals surface area contributed by atoms with Crippen molar-refractivity contribution in [1.82, 2.24) is 0 Å². The first kappa shape index (κ1) is 26.9. The van der Waals surface area contributed by atoms with Gasteiger partial charge in [0.1, 0.15) is 12.6 Å². The van der Waals surface area contributed by atoms with Gasteiger partial charge in [-0.3, -0.25) is 4.79 Å². The molecule has 3 nitrogen and oxygen atoms in total. The predicted octanol–water partition coefficient (Wildman–Crippen LogP) is 5.50. The van der Waals surface area contributed by atoms with E-state index in [9.17, 15) is 9.59 Å². The summed E-state index contributed by atoms with van der Waals surface area (Å²) in [6.07, 6.45) is 13.4. The molecule has 1 atom stereocenters. The summed E-state index contributed by atoms with van der Waals surface area (Å²) < 4.78 is 0. The minimum Gasteiger partial charge on any atom is -0.396 e. The molecule has 0 saturated carbocycles. The summed E-state index contributed by atoms with van der Waals surface area (Å²) in [6.45, 7) is 10.8. The molecule has 0 aliphatic heterocycles. The van der Waals surface area contributed by atoms with E-state index in [-0.39, 0.29) is 0 Å². The number of hydrogen-bond donors (Lipinski definition) is 1. The van der Waals surface area contributed by atoms with Gasteiger partial charge in [-0.25, -0.2) is 0 Å². The smallest absolute Gasteiger partial charge is 0.145 e. The van der Waals surface area contributed by atoms with Gasteiger partial charge in [0.15, 0.2) is 0 Å². The average Bonchev–Trinajstić information content (AvgIpc) is 2.59. The van der Waals surface area contributed by atoms with Gasteiger partial charge < -0.3 is 9.90 Å². The van der Waals surface area contributed by atoms with Gasteiger partial charge in [-0.15, -0.1) is 0 Å². The van der Waals surface area contributed by atoms with Gasteiger partial charge >= 0.3 is 0 Å². The fourth-order valence-corrected chi connectivity index (χ4v) is 1.64. The van der Waals surface area contributed by atoms with Crippen LogP contribution in [0.1, 0.15) is 92.4 Å². The van der Waals surface area contributed by atoms with E-state index in [0.29, 0.717) is 18.9 Å². The van der Waals surface area contributed by atoms with E-state index < -0.39 is 0 Å². The van der Waals surface area contributed by atoms with Crippen LogP contribution in [-0.2, 0) is 9.59 Å². The lowest BCUT2D eigenvalue weighted by Gasteiger charge is -2.08. The van der Waals surface area contributed by atoms with Crippen molar-refractivity contribution >= 4 is 12.6 Å². The summed E-state index contributed by atoms with van der Waals surface area (Å²) in [6, 6.07) is 0. The molecule has 0 heterocycles. The maximum atomic E-state index is 10.2. The lowest BCUT2D eigenvalue weighted by Crippen LogP contribution is -2.03. The minimum absolute atomic E-state index is 0.372. The van der Waals surface area contributed by atoms with E-state index in [1.54, 1.807) is 0 Å². The molecule has 0 spiro atoms. The molecule has 0 amide bonds. The van der Waals surface area contributed by atoms with Crippen LogP contribution in [0.25, 0.3) is 0 Å². The maximum absolute atomic E-state index is 10.2. The van der Waals surface area contributed by atoms with Gasteiger partial charge in [-0.2, -0.15) is 0 Å². The minimum atomic E-state index is 0.372. The molecule has 1 unspecified atom stereocenters. The predicted molar refractivity (Wildman–Crippen MR) is 101 cm³/mol. The lowest BCUT2D eigenvalue weighted by molar-refractivity contribution is -0.108. The number of aliphatic hydroxyl groups is 1. The molecule has 138 valence electrons. The highest BCUT2D eigenvalue weighted by atomic mass is 16.3. The molecule has 0 radical (unpaired) electrons. The molecule has 3 heteroatoms. The van der Waals surface area contributed by atoms with E-state index in [2.05, 4.69) is 20.8 Å². The second-order valence-corrected chi connectivity index (χ2v) is 5.59. The van der Waals surface area contributed by atoms with Crippen LogP contribution in [0, 0.1) is 5.92 Å². The first-order valence-electron chi connectivity index (χ1n) is 9.30. The number of carbonyl (C=O) groups is 2. The maximum Gasteiger partial charge on any atom is 0.145 e. The van der Waals surface area contributed by atoms with Crippen molar-refractivity contribution in [3.05, 3.63) is 11.6 Å². The van der Waals surface area contributed by atoms with Gasteiger partial charge in [0.05, 0.1) is 0 Å². The van der Waals surface area contributed by atoms with Gasteiger partial charge in [0, 0.05) is 13.0 Å². The van der Waals surface area contributed by atoms with Crippen LogP contribution in [0.15, 0.2) is 11.6 Å². The Morgan fingerprint density at radius 3 is 1.83 bits per heavy atom. The van der Waals surface area contributed by atoms with Crippen LogP contribution in [0.4, 0.5) is 0 Å². The third-order valence-corrected chi connectivity index (χ3v) is 3.46. The Morgan fingerprint density at radius 1 is 0.957 bits per heavy atom. The zero-order valence-corrected chi connectivity index (χ0v) is 16.1. The highest BCUT2D eigenvalue weighted by Crippen LogP contribution is 2.10. The number of allylic oxidation sites excluding steroid dienone is 2. The summed E-state index contributed by atoms with van der Waals surface area (Å²) in [7, 11) is 0. The largest absolute Gasteiger partial charge is 0.396 e. The van der Waals surface area contributed by atoms with Crippen molar-refractivity contribution in [1.29, 1.82) is 0 Å². The lowest BCUT2D eigenvalue weighted by atomic mass is 10.0. The number of hydrogen-bond acceptors (Lipinski definition) is 3. The molecule has 0 aromatic rings. The third kappa shape index (κ3) is 26.3. The Balaban J connectivity index is -0.000000273. The van der Waals surface area contributed by atoms with Crippen LogP contribution in [0.5, 0.6) is 0 Å². The van der Waals surface area contributed by atoms with E-state index in [1.165, 1.54) is 19.3 Å². The fourth-order valence-electron chi connectivity index (χ4n) is 1.64. The first-order chi connectivity index (χ1) is 11.1. The molecule has 0 aromatic carbocycles. The standard InChI is InChI=1S/C8H18O.C8H14O.C4H8O/c2*1-3-5-6-8(4-2)7-9;1-2-3-4-5/h8-9H,3-7H2,1-2H3;6-7H,3-5H2,1-2H3;4H,2-3H2,1H3. The van der Waals surface area contributed by atoms with Gasteiger partial charge in [0.2, 0.25) is 0 Å². The Labute approximate surface area is 144 Å². The summed E-state index contributed by atoms with van der Waals surface area (Å²) in [5.74, 6) is 0.560. The summed E-state index contributed by atoms with van der Waals surface area (Å²) in [5.41, 5.74) is 0.928. The normalized spacial score (nSPS) is 11.5. The second-order valence-electron chi connectivity index (χ2n) is 5.59. The number of rotatable bonds is 11.